The molecule has 0 bridgehead atoms. The van der Waals surface area contributed by atoms with Crippen molar-refractivity contribution in [1.29, 1.82) is 0 Å². The smallest absolute Gasteiger partial charge is 0.318 e. The molecule has 1 fully saturated rings. The molecule has 2 rings (SSSR count). The Hall–Kier alpha value is -1.24. The van der Waals surface area contributed by atoms with E-state index in [1.54, 1.807) is 0 Å². The van der Waals surface area contributed by atoms with E-state index >= 15 is 0 Å². The summed E-state index contributed by atoms with van der Waals surface area (Å²) in [4.78, 5) is 17.0. The monoisotopic (exact) mass is 383 g/mol. The molecule has 126 valence electrons. The Balaban J connectivity index is 2.26. The molecule has 0 aliphatic carbocycles. The number of ether oxygens (including phenoxy) is 3. The summed E-state index contributed by atoms with van der Waals surface area (Å²) in [6.07, 6.45) is -0.0868. The minimum atomic E-state index is -0.539. The lowest BCUT2D eigenvalue weighted by atomic mass is 9.94. The number of halogens is 1. The molecule has 3 unspecified atom stereocenters. The third kappa shape index (κ3) is 4.62. The van der Waals surface area contributed by atoms with Crippen LogP contribution in [-0.2, 0) is 19.0 Å². The van der Waals surface area contributed by atoms with Crippen LogP contribution in [0.2, 0.25) is 0 Å². The van der Waals surface area contributed by atoms with Crippen molar-refractivity contribution in [2.75, 3.05) is 26.9 Å². The first-order chi connectivity index (χ1) is 11.0. The lowest BCUT2D eigenvalue weighted by molar-refractivity contribution is -0.140. The first kappa shape index (κ1) is 18.1. The average molecular weight is 384 g/mol. The highest BCUT2D eigenvalue weighted by Gasteiger charge is 2.28. The van der Waals surface area contributed by atoms with E-state index in [0.717, 1.165) is 10.0 Å². The number of hydrogen-bond acceptors (Lipinski definition) is 5. The van der Waals surface area contributed by atoms with E-state index in [1.807, 2.05) is 38.1 Å². The van der Waals surface area contributed by atoms with Gasteiger partial charge in [-0.1, -0.05) is 34.1 Å². The Morgan fingerprint density at radius 3 is 2.74 bits per heavy atom. The number of aliphatic imine (C=N–C) groups is 1. The molecular formula is C17H22BrNO4. The lowest BCUT2D eigenvalue weighted by Crippen LogP contribution is -2.37. The number of carbonyl (C=O) groups excluding carboxylic acids is 1. The predicted octanol–water partition coefficient (Wildman–Crippen LogP) is 2.97. The van der Waals surface area contributed by atoms with Crippen LogP contribution in [0.4, 0.5) is 0 Å². The number of esters is 1. The highest BCUT2D eigenvalue weighted by Crippen LogP contribution is 2.28. The number of hydrogen-bond donors (Lipinski definition) is 0. The van der Waals surface area contributed by atoms with Gasteiger partial charge in [-0.3, -0.25) is 9.79 Å². The van der Waals surface area contributed by atoms with Gasteiger partial charge in [0.2, 0.25) is 0 Å². The van der Waals surface area contributed by atoms with E-state index in [9.17, 15) is 4.79 Å². The summed E-state index contributed by atoms with van der Waals surface area (Å²) in [5, 5.41) is 0. The Bertz CT molecular complexity index is 569. The Labute approximate surface area is 145 Å². The van der Waals surface area contributed by atoms with Gasteiger partial charge < -0.3 is 14.2 Å². The second-order valence-electron chi connectivity index (χ2n) is 5.47. The number of benzene rings is 1. The van der Waals surface area contributed by atoms with Crippen molar-refractivity contribution < 1.29 is 19.0 Å². The molecular weight excluding hydrogens is 362 g/mol. The van der Waals surface area contributed by atoms with Crippen LogP contribution in [0, 0.1) is 0 Å². The van der Waals surface area contributed by atoms with Gasteiger partial charge in [-0.25, -0.2) is 0 Å². The molecule has 1 heterocycles. The normalized spacial score (nSPS) is 21.6. The highest BCUT2D eigenvalue weighted by molar-refractivity contribution is 9.10. The summed E-state index contributed by atoms with van der Waals surface area (Å²) in [5.74, 6) is -0.867. The van der Waals surface area contributed by atoms with Crippen LogP contribution in [-0.4, -0.2) is 50.8 Å². The predicted molar refractivity (Wildman–Crippen MR) is 92.0 cm³/mol. The molecule has 1 aliphatic rings. The van der Waals surface area contributed by atoms with Crippen LogP contribution in [0.3, 0.4) is 0 Å². The van der Waals surface area contributed by atoms with Crippen molar-refractivity contribution >= 4 is 27.6 Å². The van der Waals surface area contributed by atoms with E-state index in [0.29, 0.717) is 25.5 Å². The topological polar surface area (TPSA) is 57.1 Å². The molecule has 23 heavy (non-hydrogen) atoms. The van der Waals surface area contributed by atoms with E-state index in [1.165, 1.54) is 7.11 Å². The summed E-state index contributed by atoms with van der Waals surface area (Å²) < 4.78 is 16.9. The summed E-state index contributed by atoms with van der Waals surface area (Å²) >= 11 is 3.50. The zero-order valence-corrected chi connectivity index (χ0v) is 15.2. The van der Waals surface area contributed by atoms with Crippen molar-refractivity contribution in [2.24, 2.45) is 4.99 Å². The Morgan fingerprint density at radius 2 is 2.13 bits per heavy atom. The maximum atomic E-state index is 12.3. The largest absolute Gasteiger partial charge is 0.468 e. The minimum absolute atomic E-state index is 0.0868. The first-order valence-electron chi connectivity index (χ1n) is 7.60. The van der Waals surface area contributed by atoms with E-state index in [4.69, 9.17) is 14.2 Å². The second kappa shape index (κ2) is 8.57. The van der Waals surface area contributed by atoms with Gasteiger partial charge in [0.25, 0.3) is 0 Å². The van der Waals surface area contributed by atoms with E-state index in [-0.39, 0.29) is 18.1 Å². The minimum Gasteiger partial charge on any atom is -0.468 e. The van der Waals surface area contributed by atoms with Crippen LogP contribution in [0.25, 0.3) is 0 Å². The van der Waals surface area contributed by atoms with Crippen LogP contribution in [0.5, 0.6) is 0 Å². The van der Waals surface area contributed by atoms with Gasteiger partial charge in [0.05, 0.1) is 33.0 Å². The van der Waals surface area contributed by atoms with Gasteiger partial charge >= 0.3 is 5.97 Å². The summed E-state index contributed by atoms with van der Waals surface area (Å²) in [6, 6.07) is 7.51. The van der Waals surface area contributed by atoms with Crippen LogP contribution in [0.15, 0.2) is 33.7 Å². The molecule has 0 N–H and O–H groups in total. The van der Waals surface area contributed by atoms with Crippen molar-refractivity contribution in [1.82, 2.24) is 0 Å². The molecule has 5 nitrogen and oxygen atoms in total. The number of methoxy groups -OCH3 is 1. The highest BCUT2D eigenvalue weighted by atomic mass is 79.9. The van der Waals surface area contributed by atoms with Crippen molar-refractivity contribution in [3.05, 3.63) is 34.3 Å². The second-order valence-corrected chi connectivity index (χ2v) is 6.33. The lowest BCUT2D eigenvalue weighted by Gasteiger charge is -2.27. The summed E-state index contributed by atoms with van der Waals surface area (Å²) in [5.41, 5.74) is 1.54. The van der Waals surface area contributed by atoms with Crippen LogP contribution < -0.4 is 0 Å². The zero-order chi connectivity index (χ0) is 16.8. The van der Waals surface area contributed by atoms with Crippen molar-refractivity contribution in [2.45, 2.75) is 31.9 Å². The fourth-order valence-electron chi connectivity index (χ4n) is 2.61. The number of rotatable bonds is 5. The average Bonchev–Trinajstić information content (AvgIpc) is 2.57. The van der Waals surface area contributed by atoms with Gasteiger partial charge in [0.15, 0.2) is 0 Å². The molecule has 0 spiro atoms. The number of nitrogens with zero attached hydrogens (tertiary/aromatic N) is 1. The van der Waals surface area contributed by atoms with Gasteiger partial charge in [0.1, 0.15) is 12.0 Å². The quantitative estimate of drug-likeness (QED) is 0.579. The molecule has 0 radical (unpaired) electrons. The third-order valence-electron chi connectivity index (χ3n) is 3.86. The fourth-order valence-corrected chi connectivity index (χ4v) is 3.13. The van der Waals surface area contributed by atoms with E-state index in [2.05, 4.69) is 20.9 Å². The van der Waals surface area contributed by atoms with Crippen LogP contribution in [0.1, 0.15) is 25.3 Å². The fraction of sp³-hybridized carbons (Fsp3) is 0.529. The molecule has 0 saturated carbocycles. The molecule has 3 atom stereocenters. The molecule has 1 aromatic rings. The molecule has 1 aliphatic heterocycles. The molecule has 1 aromatic carbocycles. The zero-order valence-electron chi connectivity index (χ0n) is 13.6. The Kier molecular flexibility index (Phi) is 6.74. The van der Waals surface area contributed by atoms with Crippen LogP contribution >= 0.6 is 15.9 Å². The molecule has 6 heteroatoms. The molecule has 1 saturated heterocycles. The summed E-state index contributed by atoms with van der Waals surface area (Å²) in [7, 11) is 1.39. The maximum Gasteiger partial charge on any atom is 0.318 e. The SMILES string of the molecule is COC(=O)C(/C(C)=N\C(C)C1COCCO1)c1ccccc1Br. The summed E-state index contributed by atoms with van der Waals surface area (Å²) in [6.45, 7) is 5.54. The standard InChI is InChI=1S/C17H22BrNO4/c1-11(15-10-22-8-9-23-15)19-12(2)16(17(20)21-3)13-6-4-5-7-14(13)18/h4-7,11,15-16H,8-10H2,1-3H3/b19-12-. The third-order valence-corrected chi connectivity index (χ3v) is 4.58. The first-order valence-corrected chi connectivity index (χ1v) is 8.39. The molecule has 0 aromatic heterocycles. The van der Waals surface area contributed by atoms with E-state index < -0.39 is 5.92 Å². The Morgan fingerprint density at radius 1 is 1.39 bits per heavy atom. The van der Waals surface area contributed by atoms with Gasteiger partial charge in [-0.15, -0.1) is 0 Å². The van der Waals surface area contributed by atoms with Gasteiger partial charge in [-0.05, 0) is 25.5 Å². The molecule has 0 amide bonds. The van der Waals surface area contributed by atoms with Gasteiger partial charge in [0, 0.05) is 10.2 Å². The number of carbonyl (C=O) groups is 1. The van der Waals surface area contributed by atoms with Crippen molar-refractivity contribution in [3.63, 3.8) is 0 Å². The maximum absolute atomic E-state index is 12.3. The van der Waals surface area contributed by atoms with Crippen molar-refractivity contribution in [3.8, 4) is 0 Å². The van der Waals surface area contributed by atoms with Gasteiger partial charge in [-0.2, -0.15) is 0 Å².